The van der Waals surface area contributed by atoms with Gasteiger partial charge in [0, 0.05) is 0 Å². The Kier molecular flexibility index (Phi) is 2.86. The maximum Gasteiger partial charge on any atom is 0.306 e. The Morgan fingerprint density at radius 3 is 2.75 bits per heavy atom. The third-order valence-corrected chi connectivity index (χ3v) is 3.47. The SMILES string of the molecule is COc1ccc2c(c1)CC(C(C)C(=O)O)C2. The van der Waals surface area contributed by atoms with Crippen LogP contribution >= 0.6 is 0 Å². The molecule has 2 atom stereocenters. The molecule has 0 spiro atoms. The summed E-state index contributed by atoms with van der Waals surface area (Å²) < 4.78 is 5.17. The van der Waals surface area contributed by atoms with E-state index in [1.165, 1.54) is 11.1 Å². The van der Waals surface area contributed by atoms with E-state index in [-0.39, 0.29) is 11.8 Å². The molecule has 1 N–H and O–H groups in total. The third-order valence-electron chi connectivity index (χ3n) is 3.47. The summed E-state index contributed by atoms with van der Waals surface area (Å²) in [4.78, 5) is 10.9. The number of carboxylic acid groups (broad SMARTS) is 1. The zero-order chi connectivity index (χ0) is 11.7. The fourth-order valence-electron chi connectivity index (χ4n) is 2.31. The van der Waals surface area contributed by atoms with E-state index in [0.717, 1.165) is 18.6 Å². The summed E-state index contributed by atoms with van der Waals surface area (Å²) in [7, 11) is 1.65. The van der Waals surface area contributed by atoms with Gasteiger partial charge in [0.1, 0.15) is 5.75 Å². The average molecular weight is 220 g/mol. The van der Waals surface area contributed by atoms with Gasteiger partial charge in [0.05, 0.1) is 13.0 Å². The van der Waals surface area contributed by atoms with Gasteiger partial charge in [-0.25, -0.2) is 0 Å². The van der Waals surface area contributed by atoms with Crippen LogP contribution in [0.15, 0.2) is 18.2 Å². The lowest BCUT2D eigenvalue weighted by molar-refractivity contribution is -0.142. The van der Waals surface area contributed by atoms with Crippen LogP contribution in [0.4, 0.5) is 0 Å². The molecule has 0 saturated carbocycles. The summed E-state index contributed by atoms with van der Waals surface area (Å²) in [6, 6.07) is 6.00. The van der Waals surface area contributed by atoms with E-state index in [4.69, 9.17) is 9.84 Å². The van der Waals surface area contributed by atoms with E-state index in [1.54, 1.807) is 14.0 Å². The molecule has 1 aliphatic rings. The molecule has 0 bridgehead atoms. The van der Waals surface area contributed by atoms with Gasteiger partial charge >= 0.3 is 5.97 Å². The molecule has 0 aliphatic heterocycles. The normalized spacial score (nSPS) is 20.2. The molecule has 0 aromatic heterocycles. The number of rotatable bonds is 3. The van der Waals surface area contributed by atoms with Gasteiger partial charge in [-0.05, 0) is 42.0 Å². The van der Waals surface area contributed by atoms with Crippen molar-refractivity contribution >= 4 is 5.97 Å². The van der Waals surface area contributed by atoms with E-state index in [2.05, 4.69) is 0 Å². The minimum absolute atomic E-state index is 0.222. The first-order valence-corrected chi connectivity index (χ1v) is 5.50. The van der Waals surface area contributed by atoms with Crippen LogP contribution in [0, 0.1) is 11.8 Å². The molecule has 3 nitrogen and oxygen atoms in total. The maximum absolute atomic E-state index is 10.9. The number of carboxylic acids is 1. The molecule has 16 heavy (non-hydrogen) atoms. The second-order valence-electron chi connectivity index (χ2n) is 4.43. The van der Waals surface area contributed by atoms with Crippen molar-refractivity contribution in [3.05, 3.63) is 29.3 Å². The predicted octanol–water partition coefficient (Wildman–Crippen LogP) is 2.13. The summed E-state index contributed by atoms with van der Waals surface area (Å²) in [5.74, 6) is 0.0881. The second kappa shape index (κ2) is 4.16. The highest BCUT2D eigenvalue weighted by atomic mass is 16.5. The van der Waals surface area contributed by atoms with Crippen LogP contribution in [-0.2, 0) is 17.6 Å². The van der Waals surface area contributed by atoms with Crippen molar-refractivity contribution in [2.24, 2.45) is 11.8 Å². The van der Waals surface area contributed by atoms with Crippen molar-refractivity contribution in [1.29, 1.82) is 0 Å². The number of fused-ring (bicyclic) bond motifs is 1. The topological polar surface area (TPSA) is 46.5 Å². The molecular formula is C13H16O3. The average Bonchev–Trinajstić information content (AvgIpc) is 2.69. The number of ether oxygens (including phenoxy) is 1. The number of hydrogen-bond donors (Lipinski definition) is 1. The molecule has 1 aromatic carbocycles. The summed E-state index contributed by atoms with van der Waals surface area (Å²) in [6.07, 6.45) is 1.72. The van der Waals surface area contributed by atoms with Crippen LogP contribution in [-0.4, -0.2) is 18.2 Å². The van der Waals surface area contributed by atoms with Crippen LogP contribution in [0.1, 0.15) is 18.1 Å². The number of carbonyl (C=O) groups is 1. The largest absolute Gasteiger partial charge is 0.497 e. The Bertz CT molecular complexity index is 412. The van der Waals surface area contributed by atoms with E-state index >= 15 is 0 Å². The van der Waals surface area contributed by atoms with Crippen molar-refractivity contribution < 1.29 is 14.6 Å². The summed E-state index contributed by atoms with van der Waals surface area (Å²) in [5.41, 5.74) is 2.50. The summed E-state index contributed by atoms with van der Waals surface area (Å²) in [5, 5.41) is 9.00. The minimum atomic E-state index is -0.704. The lowest BCUT2D eigenvalue weighted by atomic mass is 9.91. The monoisotopic (exact) mass is 220 g/mol. The lowest BCUT2D eigenvalue weighted by Crippen LogP contribution is -2.20. The van der Waals surface area contributed by atoms with Gasteiger partial charge in [-0.1, -0.05) is 13.0 Å². The van der Waals surface area contributed by atoms with Crippen LogP contribution in [0.2, 0.25) is 0 Å². The summed E-state index contributed by atoms with van der Waals surface area (Å²) in [6.45, 7) is 1.79. The van der Waals surface area contributed by atoms with Crippen molar-refractivity contribution in [1.82, 2.24) is 0 Å². The van der Waals surface area contributed by atoms with Gasteiger partial charge in [-0.2, -0.15) is 0 Å². The maximum atomic E-state index is 10.9. The molecule has 86 valence electrons. The van der Waals surface area contributed by atoms with Crippen LogP contribution in [0.3, 0.4) is 0 Å². The second-order valence-corrected chi connectivity index (χ2v) is 4.43. The molecule has 0 radical (unpaired) electrons. The van der Waals surface area contributed by atoms with Gasteiger partial charge in [0.25, 0.3) is 0 Å². The number of aliphatic carboxylic acids is 1. The van der Waals surface area contributed by atoms with E-state index in [9.17, 15) is 4.79 Å². The number of hydrogen-bond acceptors (Lipinski definition) is 2. The van der Waals surface area contributed by atoms with Gasteiger partial charge < -0.3 is 9.84 Å². The molecule has 1 aromatic rings. The molecule has 2 rings (SSSR count). The Balaban J connectivity index is 2.17. The molecule has 3 heteroatoms. The Morgan fingerprint density at radius 2 is 2.12 bits per heavy atom. The molecule has 0 amide bonds. The van der Waals surface area contributed by atoms with Crippen molar-refractivity contribution in [2.45, 2.75) is 19.8 Å². The highest BCUT2D eigenvalue weighted by molar-refractivity contribution is 5.70. The van der Waals surface area contributed by atoms with Gasteiger partial charge in [0.2, 0.25) is 0 Å². The molecular weight excluding hydrogens is 204 g/mol. The molecule has 1 aliphatic carbocycles. The Morgan fingerprint density at radius 1 is 1.44 bits per heavy atom. The van der Waals surface area contributed by atoms with Crippen molar-refractivity contribution in [2.75, 3.05) is 7.11 Å². The highest BCUT2D eigenvalue weighted by Crippen LogP contribution is 2.33. The molecule has 2 unspecified atom stereocenters. The number of methoxy groups -OCH3 is 1. The predicted molar refractivity (Wildman–Crippen MR) is 60.7 cm³/mol. The van der Waals surface area contributed by atoms with E-state index < -0.39 is 5.97 Å². The first-order chi connectivity index (χ1) is 7.61. The van der Waals surface area contributed by atoms with E-state index in [1.807, 2.05) is 18.2 Å². The first kappa shape index (κ1) is 11.0. The van der Waals surface area contributed by atoms with E-state index in [0.29, 0.717) is 0 Å². The standard InChI is InChI=1S/C13H16O3/c1-8(13(14)15)10-5-9-3-4-12(16-2)7-11(9)6-10/h3-4,7-8,10H,5-6H2,1-2H3,(H,14,15). The van der Waals surface area contributed by atoms with Crippen LogP contribution in [0.5, 0.6) is 5.75 Å². The zero-order valence-corrected chi connectivity index (χ0v) is 9.56. The lowest BCUT2D eigenvalue weighted by Gasteiger charge is -2.13. The minimum Gasteiger partial charge on any atom is -0.497 e. The zero-order valence-electron chi connectivity index (χ0n) is 9.56. The number of benzene rings is 1. The Labute approximate surface area is 95.0 Å². The van der Waals surface area contributed by atoms with Crippen molar-refractivity contribution in [3.8, 4) is 5.75 Å². The van der Waals surface area contributed by atoms with Crippen LogP contribution in [0.25, 0.3) is 0 Å². The molecule has 0 fully saturated rings. The smallest absolute Gasteiger partial charge is 0.306 e. The summed E-state index contributed by atoms with van der Waals surface area (Å²) >= 11 is 0. The molecule has 0 saturated heterocycles. The molecule has 0 heterocycles. The van der Waals surface area contributed by atoms with Gasteiger partial charge in [-0.15, -0.1) is 0 Å². The fourth-order valence-corrected chi connectivity index (χ4v) is 2.31. The van der Waals surface area contributed by atoms with Gasteiger partial charge in [-0.3, -0.25) is 4.79 Å². The third kappa shape index (κ3) is 1.90. The Hall–Kier alpha value is -1.51. The highest BCUT2D eigenvalue weighted by Gasteiger charge is 2.30. The van der Waals surface area contributed by atoms with Crippen LogP contribution < -0.4 is 4.74 Å². The van der Waals surface area contributed by atoms with Gasteiger partial charge in [0.15, 0.2) is 0 Å². The first-order valence-electron chi connectivity index (χ1n) is 5.50. The fraction of sp³-hybridized carbons (Fsp3) is 0.462. The van der Waals surface area contributed by atoms with Crippen molar-refractivity contribution in [3.63, 3.8) is 0 Å². The quantitative estimate of drug-likeness (QED) is 0.848.